The summed E-state index contributed by atoms with van der Waals surface area (Å²) in [6.07, 6.45) is 1.17. The Labute approximate surface area is 129 Å². The predicted molar refractivity (Wildman–Crippen MR) is 91.5 cm³/mol. The lowest BCUT2D eigenvalue weighted by Gasteiger charge is -2.01. The Morgan fingerprint density at radius 2 is 2.00 bits per heavy atom. The average Bonchev–Trinajstić information content (AvgIpc) is 2.79. The number of benzene rings is 1. The molecular formula is C17H21NO2S. The van der Waals surface area contributed by atoms with Crippen LogP contribution < -0.4 is 5.63 Å². The topological polar surface area (TPSA) is 42.6 Å². The summed E-state index contributed by atoms with van der Waals surface area (Å²) < 4.78 is 4.96. The molecule has 112 valence electrons. The second-order valence-electron chi connectivity index (χ2n) is 5.21. The summed E-state index contributed by atoms with van der Waals surface area (Å²) in [5.41, 5.74) is 2.82. The van der Waals surface area contributed by atoms with Crippen LogP contribution in [0.5, 0.6) is 0 Å². The molecule has 1 aliphatic heterocycles. The summed E-state index contributed by atoms with van der Waals surface area (Å²) in [6, 6.07) is 8.92. The first-order valence-electron chi connectivity index (χ1n) is 7.20. The second-order valence-corrected chi connectivity index (χ2v) is 6.73. The van der Waals surface area contributed by atoms with Crippen LogP contribution in [0.15, 0.2) is 44.5 Å². The minimum atomic E-state index is -0.300. The first kappa shape index (κ1) is 15.8. The van der Waals surface area contributed by atoms with Crippen molar-refractivity contribution in [3.05, 3.63) is 46.3 Å². The van der Waals surface area contributed by atoms with Gasteiger partial charge in [-0.1, -0.05) is 18.6 Å². The van der Waals surface area contributed by atoms with Gasteiger partial charge in [-0.25, -0.2) is 4.79 Å². The van der Waals surface area contributed by atoms with Crippen molar-refractivity contribution in [2.45, 2.75) is 44.7 Å². The van der Waals surface area contributed by atoms with Gasteiger partial charge in [0.25, 0.3) is 0 Å². The van der Waals surface area contributed by atoms with Gasteiger partial charge >= 0.3 is 5.63 Å². The zero-order valence-electron chi connectivity index (χ0n) is 12.9. The fourth-order valence-corrected chi connectivity index (χ4v) is 3.22. The molecule has 0 fully saturated rings. The van der Waals surface area contributed by atoms with Crippen molar-refractivity contribution < 1.29 is 4.42 Å². The van der Waals surface area contributed by atoms with Crippen LogP contribution in [0, 0.1) is 6.92 Å². The van der Waals surface area contributed by atoms with Gasteiger partial charge in [-0.05, 0) is 45.4 Å². The summed E-state index contributed by atoms with van der Waals surface area (Å²) in [7, 11) is 0. The van der Waals surface area contributed by atoms with E-state index in [1.807, 2.05) is 36.9 Å². The minimum Gasteiger partial charge on any atom is -0.423 e. The van der Waals surface area contributed by atoms with E-state index < -0.39 is 0 Å². The van der Waals surface area contributed by atoms with E-state index in [1.54, 1.807) is 6.07 Å². The van der Waals surface area contributed by atoms with E-state index in [-0.39, 0.29) is 5.63 Å². The highest BCUT2D eigenvalue weighted by atomic mass is 32.2. The molecule has 4 heteroatoms. The van der Waals surface area contributed by atoms with Crippen LogP contribution in [0.1, 0.15) is 32.8 Å². The Morgan fingerprint density at radius 3 is 2.57 bits per heavy atom. The Bertz CT molecular complexity index is 705. The van der Waals surface area contributed by atoms with Gasteiger partial charge in [0, 0.05) is 22.4 Å². The minimum absolute atomic E-state index is 0.300. The average molecular weight is 303 g/mol. The molecule has 0 bridgehead atoms. The SMILES string of the molecule is CCC1N=C(C)C(C)S1.Cc1ccc2oc(=O)ccc2c1. The van der Waals surface area contributed by atoms with Gasteiger partial charge in [-0.15, -0.1) is 11.8 Å². The molecule has 2 aromatic rings. The highest BCUT2D eigenvalue weighted by Gasteiger charge is 2.19. The van der Waals surface area contributed by atoms with Gasteiger partial charge in [0.15, 0.2) is 0 Å². The third kappa shape index (κ3) is 4.21. The highest BCUT2D eigenvalue weighted by molar-refractivity contribution is 8.01. The zero-order chi connectivity index (χ0) is 15.4. The molecule has 0 N–H and O–H groups in total. The van der Waals surface area contributed by atoms with Gasteiger partial charge in [0.1, 0.15) is 5.58 Å². The first-order chi connectivity index (χ1) is 9.99. The van der Waals surface area contributed by atoms with Gasteiger partial charge < -0.3 is 4.42 Å². The Balaban J connectivity index is 0.000000161. The number of hydrogen-bond donors (Lipinski definition) is 0. The largest absolute Gasteiger partial charge is 0.423 e. The molecule has 2 atom stereocenters. The van der Waals surface area contributed by atoms with Crippen molar-refractivity contribution in [3.8, 4) is 0 Å². The van der Waals surface area contributed by atoms with Crippen LogP contribution >= 0.6 is 11.8 Å². The third-order valence-corrected chi connectivity index (χ3v) is 4.92. The number of aryl methyl sites for hydroxylation is 1. The smallest absolute Gasteiger partial charge is 0.336 e. The van der Waals surface area contributed by atoms with Crippen LogP contribution in [-0.2, 0) is 0 Å². The van der Waals surface area contributed by atoms with Crippen molar-refractivity contribution in [1.82, 2.24) is 0 Å². The predicted octanol–water partition coefficient (Wildman–Crippen LogP) is 4.42. The standard InChI is InChI=1S/C10H8O2.C7H13NS/c1-7-2-4-9-8(6-7)3-5-10(11)12-9;1-4-7-8-5(2)6(3)9-7/h2-6H,1H3;6-7H,4H2,1-3H3. The van der Waals surface area contributed by atoms with Gasteiger partial charge in [-0.2, -0.15) is 0 Å². The second kappa shape index (κ2) is 6.94. The summed E-state index contributed by atoms with van der Waals surface area (Å²) in [6.45, 7) is 8.53. The van der Waals surface area contributed by atoms with Crippen molar-refractivity contribution >= 4 is 28.4 Å². The van der Waals surface area contributed by atoms with Crippen molar-refractivity contribution in [2.24, 2.45) is 4.99 Å². The van der Waals surface area contributed by atoms with E-state index in [9.17, 15) is 4.79 Å². The zero-order valence-corrected chi connectivity index (χ0v) is 13.7. The lowest BCUT2D eigenvalue weighted by molar-refractivity contribution is 0.561. The molecule has 1 aromatic carbocycles. The van der Waals surface area contributed by atoms with E-state index >= 15 is 0 Å². The van der Waals surface area contributed by atoms with Crippen LogP contribution in [-0.4, -0.2) is 16.3 Å². The Hall–Kier alpha value is -1.55. The lowest BCUT2D eigenvalue weighted by atomic mass is 10.2. The molecule has 0 aliphatic carbocycles. The van der Waals surface area contributed by atoms with Crippen LogP contribution in [0.25, 0.3) is 11.0 Å². The molecule has 21 heavy (non-hydrogen) atoms. The molecule has 1 aliphatic rings. The molecule has 0 radical (unpaired) electrons. The maximum Gasteiger partial charge on any atom is 0.336 e. The Kier molecular flexibility index (Phi) is 5.23. The van der Waals surface area contributed by atoms with Gasteiger partial charge in [-0.3, -0.25) is 4.99 Å². The normalized spacial score (nSPS) is 20.9. The van der Waals surface area contributed by atoms with Gasteiger partial charge in [0.2, 0.25) is 0 Å². The van der Waals surface area contributed by atoms with Crippen LogP contribution in [0.4, 0.5) is 0 Å². The molecule has 2 heterocycles. The van der Waals surface area contributed by atoms with Crippen molar-refractivity contribution in [2.75, 3.05) is 0 Å². The van der Waals surface area contributed by atoms with E-state index in [4.69, 9.17) is 4.42 Å². The van der Waals surface area contributed by atoms with Crippen LogP contribution in [0.2, 0.25) is 0 Å². The van der Waals surface area contributed by atoms with E-state index in [2.05, 4.69) is 25.8 Å². The third-order valence-electron chi connectivity index (χ3n) is 3.42. The van der Waals surface area contributed by atoms with E-state index in [0.717, 1.165) is 10.9 Å². The van der Waals surface area contributed by atoms with Gasteiger partial charge in [0.05, 0.1) is 5.37 Å². The number of nitrogens with zero attached hydrogens (tertiary/aromatic N) is 1. The Morgan fingerprint density at radius 1 is 1.24 bits per heavy atom. The molecule has 3 rings (SSSR count). The quantitative estimate of drug-likeness (QED) is 0.732. The van der Waals surface area contributed by atoms with Crippen molar-refractivity contribution in [3.63, 3.8) is 0 Å². The molecule has 0 amide bonds. The molecule has 3 nitrogen and oxygen atoms in total. The highest BCUT2D eigenvalue weighted by Crippen LogP contribution is 2.28. The summed E-state index contributed by atoms with van der Waals surface area (Å²) in [5, 5.41) is 2.18. The van der Waals surface area contributed by atoms with E-state index in [1.165, 1.54) is 18.2 Å². The summed E-state index contributed by atoms with van der Waals surface area (Å²) in [4.78, 5) is 15.3. The lowest BCUT2D eigenvalue weighted by Crippen LogP contribution is -2.01. The number of thioether (sulfide) groups is 1. The maximum absolute atomic E-state index is 10.8. The maximum atomic E-state index is 10.8. The fourth-order valence-electron chi connectivity index (χ4n) is 2.08. The van der Waals surface area contributed by atoms with E-state index in [0.29, 0.717) is 16.2 Å². The molecule has 0 saturated heterocycles. The fraction of sp³-hybridized carbons (Fsp3) is 0.412. The molecule has 0 saturated carbocycles. The number of aliphatic imine (C=N–C) groups is 1. The number of hydrogen-bond acceptors (Lipinski definition) is 4. The monoisotopic (exact) mass is 303 g/mol. The van der Waals surface area contributed by atoms with Crippen molar-refractivity contribution in [1.29, 1.82) is 0 Å². The first-order valence-corrected chi connectivity index (χ1v) is 8.14. The molecule has 2 unspecified atom stereocenters. The number of rotatable bonds is 1. The molecular weight excluding hydrogens is 282 g/mol. The number of fused-ring (bicyclic) bond motifs is 1. The summed E-state index contributed by atoms with van der Waals surface area (Å²) >= 11 is 1.97. The molecule has 0 spiro atoms. The summed E-state index contributed by atoms with van der Waals surface area (Å²) in [5.74, 6) is 0. The molecule has 1 aromatic heterocycles. The van der Waals surface area contributed by atoms with Crippen LogP contribution in [0.3, 0.4) is 0 Å².